The molecule has 3 heterocycles. The lowest BCUT2D eigenvalue weighted by atomic mass is 10.0. The molecule has 1 N–H and O–H groups in total. The minimum absolute atomic E-state index is 0.116. The number of amides is 1. The van der Waals surface area contributed by atoms with Crippen LogP contribution in [0.3, 0.4) is 0 Å². The highest BCUT2D eigenvalue weighted by molar-refractivity contribution is 5.79. The van der Waals surface area contributed by atoms with Crippen molar-refractivity contribution in [3.05, 3.63) is 60.2 Å². The number of nitrogens with one attached hydrogen (secondary N) is 1. The molecule has 0 aromatic heterocycles. The maximum Gasteiger partial charge on any atom is 0.224 e. The Morgan fingerprint density at radius 3 is 2.24 bits per heavy atom. The molecule has 130 valence electrons. The lowest BCUT2D eigenvalue weighted by Gasteiger charge is -2.47. The molecular weight excluding hydrogens is 310 g/mol. The van der Waals surface area contributed by atoms with E-state index in [2.05, 4.69) is 51.5 Å². The van der Waals surface area contributed by atoms with E-state index in [0.29, 0.717) is 12.5 Å². The summed E-state index contributed by atoms with van der Waals surface area (Å²) in [6.07, 6.45) is 0.450. The summed E-state index contributed by atoms with van der Waals surface area (Å²) >= 11 is 0. The van der Waals surface area contributed by atoms with Crippen LogP contribution in [0.1, 0.15) is 5.56 Å². The summed E-state index contributed by atoms with van der Waals surface area (Å²) in [6.45, 7) is 6.49. The van der Waals surface area contributed by atoms with Gasteiger partial charge in [0.05, 0.1) is 6.42 Å². The molecule has 25 heavy (non-hydrogen) atoms. The molecule has 5 rings (SSSR count). The summed E-state index contributed by atoms with van der Waals surface area (Å²) in [5, 5.41) is 3.12. The largest absolute Gasteiger partial charge is 0.354 e. The van der Waals surface area contributed by atoms with Crippen molar-refractivity contribution in [3.8, 4) is 11.1 Å². The van der Waals surface area contributed by atoms with E-state index in [0.717, 1.165) is 31.7 Å². The van der Waals surface area contributed by atoms with Crippen molar-refractivity contribution in [3.63, 3.8) is 0 Å². The van der Waals surface area contributed by atoms with Gasteiger partial charge in [-0.05, 0) is 16.7 Å². The number of benzene rings is 2. The zero-order chi connectivity index (χ0) is 17.1. The van der Waals surface area contributed by atoms with Gasteiger partial charge in [0.1, 0.15) is 0 Å². The molecule has 4 heteroatoms. The van der Waals surface area contributed by atoms with E-state index >= 15 is 0 Å². The van der Waals surface area contributed by atoms with Crippen LogP contribution in [-0.4, -0.2) is 61.0 Å². The maximum absolute atomic E-state index is 12.3. The van der Waals surface area contributed by atoms with E-state index in [-0.39, 0.29) is 5.91 Å². The minimum atomic E-state index is 0.116. The fourth-order valence-corrected chi connectivity index (χ4v) is 3.84. The molecule has 3 aliphatic rings. The predicted octanol–water partition coefficient (Wildman–Crippen LogP) is 2.01. The molecule has 2 aromatic rings. The first-order valence-electron chi connectivity index (χ1n) is 9.15. The van der Waals surface area contributed by atoms with Crippen LogP contribution < -0.4 is 5.32 Å². The number of hydrogen-bond donors (Lipinski definition) is 1. The topological polar surface area (TPSA) is 35.6 Å². The molecule has 3 fully saturated rings. The van der Waals surface area contributed by atoms with E-state index in [9.17, 15) is 4.79 Å². The van der Waals surface area contributed by atoms with Crippen LogP contribution in [0.5, 0.6) is 0 Å². The van der Waals surface area contributed by atoms with Gasteiger partial charge in [0.25, 0.3) is 0 Å². The van der Waals surface area contributed by atoms with Crippen LogP contribution in [0.2, 0.25) is 0 Å². The van der Waals surface area contributed by atoms with Crippen LogP contribution in [-0.2, 0) is 11.2 Å². The van der Waals surface area contributed by atoms with Crippen molar-refractivity contribution in [1.82, 2.24) is 15.1 Å². The highest BCUT2D eigenvalue weighted by Gasteiger charge is 2.31. The molecule has 1 unspecified atom stereocenters. The lowest BCUT2D eigenvalue weighted by molar-refractivity contribution is -0.121. The Hall–Kier alpha value is -2.17. The summed E-state index contributed by atoms with van der Waals surface area (Å²) in [5.74, 6) is 0.116. The molecule has 1 atom stereocenters. The molecule has 1 amide bonds. The van der Waals surface area contributed by atoms with Crippen molar-refractivity contribution >= 4 is 5.91 Å². The zero-order valence-corrected chi connectivity index (χ0v) is 14.5. The highest BCUT2D eigenvalue weighted by atomic mass is 16.1. The Balaban J connectivity index is 1.29. The fourth-order valence-electron chi connectivity index (χ4n) is 3.84. The van der Waals surface area contributed by atoms with Crippen LogP contribution >= 0.6 is 0 Å². The number of hydrogen-bond acceptors (Lipinski definition) is 3. The molecule has 0 saturated carbocycles. The van der Waals surface area contributed by atoms with Gasteiger partial charge in [0.15, 0.2) is 0 Å². The normalized spacial score (nSPS) is 24.9. The molecule has 2 aromatic carbocycles. The average molecular weight is 335 g/mol. The second-order valence-electron chi connectivity index (χ2n) is 7.03. The molecule has 3 saturated heterocycles. The minimum Gasteiger partial charge on any atom is -0.354 e. The standard InChI is InChI=1S/C21H25N3O/c25-21(22-15-20-16-23-10-12-24(20)13-11-23)14-17-6-8-19(9-7-17)18-4-2-1-3-5-18/h1-9,20H,10-16H2,(H,22,25). The summed E-state index contributed by atoms with van der Waals surface area (Å²) in [5.41, 5.74) is 3.45. The van der Waals surface area contributed by atoms with Crippen LogP contribution in [0.4, 0.5) is 0 Å². The molecule has 4 nitrogen and oxygen atoms in total. The molecule has 0 aliphatic carbocycles. The van der Waals surface area contributed by atoms with Crippen LogP contribution in [0, 0.1) is 0 Å². The molecule has 2 bridgehead atoms. The van der Waals surface area contributed by atoms with Gasteiger partial charge in [-0.2, -0.15) is 0 Å². The van der Waals surface area contributed by atoms with E-state index in [1.807, 2.05) is 18.2 Å². The Labute approximate surface area is 149 Å². The summed E-state index contributed by atoms with van der Waals surface area (Å²) in [6, 6.07) is 19.1. The van der Waals surface area contributed by atoms with E-state index in [1.54, 1.807) is 0 Å². The highest BCUT2D eigenvalue weighted by Crippen LogP contribution is 2.19. The van der Waals surface area contributed by atoms with Gasteiger partial charge in [0.2, 0.25) is 5.91 Å². The first-order chi connectivity index (χ1) is 12.3. The number of rotatable bonds is 5. The molecule has 3 aliphatic heterocycles. The van der Waals surface area contributed by atoms with Crippen LogP contribution in [0.25, 0.3) is 11.1 Å². The summed E-state index contributed by atoms with van der Waals surface area (Å²) in [4.78, 5) is 17.3. The third-order valence-electron chi connectivity index (χ3n) is 5.35. The van der Waals surface area contributed by atoms with E-state index in [1.165, 1.54) is 24.2 Å². The average Bonchev–Trinajstić information content (AvgIpc) is 2.69. The number of nitrogens with zero attached hydrogens (tertiary/aromatic N) is 2. The van der Waals surface area contributed by atoms with Crippen molar-refractivity contribution in [2.24, 2.45) is 0 Å². The number of carbonyl (C=O) groups is 1. The SMILES string of the molecule is O=C(Cc1ccc(-c2ccccc2)cc1)NCC1CN2CCN1CC2. The van der Waals surface area contributed by atoms with Crippen LogP contribution in [0.15, 0.2) is 54.6 Å². The smallest absolute Gasteiger partial charge is 0.224 e. The van der Waals surface area contributed by atoms with Gasteiger partial charge in [-0.25, -0.2) is 0 Å². The monoisotopic (exact) mass is 335 g/mol. The Kier molecular flexibility index (Phi) is 4.81. The lowest BCUT2D eigenvalue weighted by Crippen LogP contribution is -2.63. The Morgan fingerprint density at radius 1 is 0.920 bits per heavy atom. The van der Waals surface area contributed by atoms with E-state index < -0.39 is 0 Å². The maximum atomic E-state index is 12.3. The van der Waals surface area contributed by atoms with Crippen molar-refractivity contribution in [1.29, 1.82) is 0 Å². The molecular formula is C21H25N3O. The van der Waals surface area contributed by atoms with Crippen molar-refractivity contribution in [2.45, 2.75) is 12.5 Å². The molecule has 0 spiro atoms. The van der Waals surface area contributed by atoms with Gasteiger partial charge in [0, 0.05) is 45.3 Å². The second kappa shape index (κ2) is 7.38. The van der Waals surface area contributed by atoms with Gasteiger partial charge in [-0.3, -0.25) is 14.6 Å². The third kappa shape index (κ3) is 3.91. The van der Waals surface area contributed by atoms with Gasteiger partial charge < -0.3 is 5.32 Å². The first kappa shape index (κ1) is 16.3. The number of fused-ring (bicyclic) bond motifs is 3. The van der Waals surface area contributed by atoms with Crippen molar-refractivity contribution < 1.29 is 4.79 Å². The summed E-state index contributed by atoms with van der Waals surface area (Å²) < 4.78 is 0. The Morgan fingerprint density at radius 2 is 1.60 bits per heavy atom. The van der Waals surface area contributed by atoms with Gasteiger partial charge in [-0.15, -0.1) is 0 Å². The number of carbonyl (C=O) groups excluding carboxylic acids is 1. The quantitative estimate of drug-likeness (QED) is 0.908. The predicted molar refractivity (Wildman–Crippen MR) is 100 cm³/mol. The van der Waals surface area contributed by atoms with Gasteiger partial charge >= 0.3 is 0 Å². The Bertz CT molecular complexity index is 706. The third-order valence-corrected chi connectivity index (χ3v) is 5.35. The number of piperazine rings is 3. The first-order valence-corrected chi connectivity index (χ1v) is 9.15. The second-order valence-corrected chi connectivity index (χ2v) is 7.03. The summed E-state index contributed by atoms with van der Waals surface area (Å²) in [7, 11) is 0. The molecule has 0 radical (unpaired) electrons. The van der Waals surface area contributed by atoms with E-state index in [4.69, 9.17) is 0 Å². The van der Waals surface area contributed by atoms with Crippen molar-refractivity contribution in [2.75, 3.05) is 39.3 Å². The fraction of sp³-hybridized carbons (Fsp3) is 0.381. The van der Waals surface area contributed by atoms with Gasteiger partial charge in [-0.1, -0.05) is 54.6 Å². The zero-order valence-electron chi connectivity index (χ0n) is 14.5.